The molecule has 0 fully saturated rings. The first kappa shape index (κ1) is 13.7. The summed E-state index contributed by atoms with van der Waals surface area (Å²) in [5, 5.41) is 2.63. The lowest BCUT2D eigenvalue weighted by Crippen LogP contribution is -2.44. The molecule has 1 aliphatic heterocycles. The van der Waals surface area contributed by atoms with Crippen LogP contribution in [0, 0.1) is 5.82 Å². The summed E-state index contributed by atoms with van der Waals surface area (Å²) in [6.07, 6.45) is 2.14. The van der Waals surface area contributed by atoms with E-state index < -0.39 is 11.9 Å². The zero-order valence-corrected chi connectivity index (χ0v) is 10.7. The molecule has 1 heterocycles. The predicted octanol–water partition coefficient (Wildman–Crippen LogP) is 2.71. The molecule has 5 heteroatoms. The number of carbonyl (C=O) groups is 1. The number of benzene rings is 1. The highest BCUT2D eigenvalue weighted by atomic mass is 19.1. The van der Waals surface area contributed by atoms with Crippen molar-refractivity contribution in [3.05, 3.63) is 42.0 Å². The first-order valence-electron chi connectivity index (χ1n) is 6.21. The van der Waals surface area contributed by atoms with Gasteiger partial charge in [0.2, 0.25) is 5.91 Å². The third kappa shape index (κ3) is 3.61. The fraction of sp³-hybridized carbons (Fsp3) is 0.357. The van der Waals surface area contributed by atoms with Gasteiger partial charge in [0.1, 0.15) is 11.6 Å². The van der Waals surface area contributed by atoms with E-state index in [2.05, 4.69) is 5.32 Å². The molecule has 0 bridgehead atoms. The Balaban J connectivity index is 1.98. The van der Waals surface area contributed by atoms with Crippen LogP contribution in [0.3, 0.4) is 0 Å². The van der Waals surface area contributed by atoms with Crippen molar-refractivity contribution in [3.63, 3.8) is 0 Å². The van der Waals surface area contributed by atoms with Crippen molar-refractivity contribution in [3.8, 4) is 0 Å². The van der Waals surface area contributed by atoms with Gasteiger partial charge in [0, 0.05) is 12.2 Å². The van der Waals surface area contributed by atoms with Gasteiger partial charge in [-0.15, -0.1) is 0 Å². The predicted molar refractivity (Wildman–Crippen MR) is 69.9 cm³/mol. The van der Waals surface area contributed by atoms with Crippen molar-refractivity contribution in [2.75, 3.05) is 18.4 Å². The Bertz CT molecular complexity index is 502. The molecule has 1 amide bonds. The Morgan fingerprint density at radius 2 is 2.21 bits per heavy atom. The molecule has 0 radical (unpaired) electrons. The average molecular weight is 266 g/mol. The molecule has 2 rings (SSSR count). The first-order valence-corrected chi connectivity index (χ1v) is 6.21. The topological polar surface area (TPSA) is 32.3 Å². The summed E-state index contributed by atoms with van der Waals surface area (Å²) in [4.78, 5) is 13.8. The molecule has 0 saturated carbocycles. The highest BCUT2D eigenvalue weighted by Gasteiger charge is 2.23. The maximum absolute atomic E-state index is 13.2. The largest absolute Gasteiger partial charge is 0.325 e. The molecule has 0 aliphatic carbocycles. The molecular weight excluding hydrogens is 250 g/mol. The molecule has 1 aliphatic rings. The first-order chi connectivity index (χ1) is 9.06. The SMILES string of the molecule is C[C@@H](C(=O)Nc1cccc(F)c1)N1CCC=C(F)C1. The van der Waals surface area contributed by atoms with Crippen molar-refractivity contribution in [1.82, 2.24) is 4.90 Å². The zero-order chi connectivity index (χ0) is 13.8. The van der Waals surface area contributed by atoms with Crippen LogP contribution in [0.5, 0.6) is 0 Å². The van der Waals surface area contributed by atoms with E-state index in [0.717, 1.165) is 0 Å². The zero-order valence-electron chi connectivity index (χ0n) is 10.7. The van der Waals surface area contributed by atoms with Gasteiger partial charge in [-0.05, 0) is 31.5 Å². The van der Waals surface area contributed by atoms with Crippen LogP contribution >= 0.6 is 0 Å². The van der Waals surface area contributed by atoms with Crippen molar-refractivity contribution in [2.45, 2.75) is 19.4 Å². The molecule has 1 aromatic rings. The number of anilines is 1. The van der Waals surface area contributed by atoms with E-state index in [1.165, 1.54) is 24.3 Å². The molecule has 1 atom stereocenters. The summed E-state index contributed by atoms with van der Waals surface area (Å²) in [6, 6.07) is 5.25. The van der Waals surface area contributed by atoms with Gasteiger partial charge in [0.15, 0.2) is 0 Å². The van der Waals surface area contributed by atoms with Crippen LogP contribution < -0.4 is 5.32 Å². The van der Waals surface area contributed by atoms with Gasteiger partial charge < -0.3 is 5.32 Å². The highest BCUT2D eigenvalue weighted by Crippen LogP contribution is 2.15. The Kier molecular flexibility index (Phi) is 4.27. The standard InChI is InChI=1S/C14H16F2N2O/c1-10(18-7-3-5-12(16)9-18)14(19)17-13-6-2-4-11(15)8-13/h2,4-6,8,10H,3,7,9H2,1H3,(H,17,19)/t10-/m0/s1. The highest BCUT2D eigenvalue weighted by molar-refractivity contribution is 5.94. The van der Waals surface area contributed by atoms with Gasteiger partial charge in [-0.2, -0.15) is 0 Å². The molecule has 3 nitrogen and oxygen atoms in total. The maximum atomic E-state index is 13.2. The lowest BCUT2D eigenvalue weighted by atomic mass is 10.1. The average Bonchev–Trinajstić information content (AvgIpc) is 2.38. The molecule has 0 spiro atoms. The fourth-order valence-electron chi connectivity index (χ4n) is 2.03. The summed E-state index contributed by atoms with van der Waals surface area (Å²) >= 11 is 0. The van der Waals surface area contributed by atoms with Crippen LogP contribution in [0.2, 0.25) is 0 Å². The minimum atomic E-state index is -0.456. The molecule has 1 N–H and O–H groups in total. The van der Waals surface area contributed by atoms with Crippen molar-refractivity contribution in [2.24, 2.45) is 0 Å². The number of rotatable bonds is 3. The lowest BCUT2D eigenvalue weighted by molar-refractivity contribution is -0.120. The van der Waals surface area contributed by atoms with Crippen LogP contribution in [0.25, 0.3) is 0 Å². The van der Waals surface area contributed by atoms with Crippen LogP contribution in [-0.2, 0) is 4.79 Å². The summed E-state index contributed by atoms with van der Waals surface area (Å²) in [5.74, 6) is -0.880. The minimum absolute atomic E-state index is 0.151. The van der Waals surface area contributed by atoms with E-state index in [-0.39, 0.29) is 18.3 Å². The molecule has 19 heavy (non-hydrogen) atoms. The van der Waals surface area contributed by atoms with E-state index in [4.69, 9.17) is 0 Å². The van der Waals surface area contributed by atoms with Gasteiger partial charge in [-0.25, -0.2) is 8.78 Å². The number of hydrogen-bond donors (Lipinski definition) is 1. The normalized spacial score (nSPS) is 17.7. The fourth-order valence-corrected chi connectivity index (χ4v) is 2.03. The van der Waals surface area contributed by atoms with Gasteiger partial charge >= 0.3 is 0 Å². The monoisotopic (exact) mass is 266 g/mol. The van der Waals surface area contributed by atoms with Gasteiger partial charge in [-0.1, -0.05) is 12.1 Å². The van der Waals surface area contributed by atoms with E-state index >= 15 is 0 Å². The molecule has 102 valence electrons. The van der Waals surface area contributed by atoms with E-state index in [1.54, 1.807) is 17.9 Å². The van der Waals surface area contributed by atoms with Crippen molar-refractivity contribution >= 4 is 11.6 Å². The molecule has 0 saturated heterocycles. The number of halogens is 2. The maximum Gasteiger partial charge on any atom is 0.241 e. The number of nitrogens with zero attached hydrogens (tertiary/aromatic N) is 1. The Morgan fingerprint density at radius 3 is 2.89 bits per heavy atom. The molecule has 1 aromatic carbocycles. The summed E-state index contributed by atoms with van der Waals surface area (Å²) < 4.78 is 26.2. The minimum Gasteiger partial charge on any atom is -0.325 e. The number of carbonyl (C=O) groups excluding carboxylic acids is 1. The third-order valence-corrected chi connectivity index (χ3v) is 3.16. The van der Waals surface area contributed by atoms with Crippen molar-refractivity contribution < 1.29 is 13.6 Å². The molecule has 0 aromatic heterocycles. The van der Waals surface area contributed by atoms with Crippen LogP contribution in [0.15, 0.2) is 36.2 Å². The van der Waals surface area contributed by atoms with Gasteiger partial charge in [-0.3, -0.25) is 9.69 Å². The van der Waals surface area contributed by atoms with Gasteiger partial charge in [0.05, 0.1) is 12.6 Å². The number of hydrogen-bond acceptors (Lipinski definition) is 2. The second-order valence-electron chi connectivity index (χ2n) is 4.59. The summed E-state index contributed by atoms with van der Waals surface area (Å²) in [7, 11) is 0. The van der Waals surface area contributed by atoms with Gasteiger partial charge in [0.25, 0.3) is 0 Å². The Morgan fingerprint density at radius 1 is 1.42 bits per heavy atom. The Labute approximate surface area is 110 Å². The second-order valence-corrected chi connectivity index (χ2v) is 4.59. The number of amides is 1. The van der Waals surface area contributed by atoms with E-state index in [1.807, 2.05) is 0 Å². The van der Waals surface area contributed by atoms with Crippen molar-refractivity contribution in [1.29, 1.82) is 0 Å². The number of nitrogens with one attached hydrogen (secondary N) is 1. The van der Waals surface area contributed by atoms with E-state index in [9.17, 15) is 13.6 Å². The van der Waals surface area contributed by atoms with Crippen LogP contribution in [0.4, 0.5) is 14.5 Å². The lowest BCUT2D eigenvalue weighted by Gasteiger charge is -2.29. The second kappa shape index (κ2) is 5.93. The molecule has 0 unspecified atom stereocenters. The smallest absolute Gasteiger partial charge is 0.241 e. The van der Waals surface area contributed by atoms with E-state index in [0.29, 0.717) is 18.7 Å². The Hall–Kier alpha value is -1.75. The third-order valence-electron chi connectivity index (χ3n) is 3.16. The molecular formula is C14H16F2N2O. The van der Waals surface area contributed by atoms with Crippen LogP contribution in [0.1, 0.15) is 13.3 Å². The van der Waals surface area contributed by atoms with Crippen LogP contribution in [-0.4, -0.2) is 29.9 Å². The quantitative estimate of drug-likeness (QED) is 0.912. The summed E-state index contributed by atoms with van der Waals surface area (Å²) in [6.45, 7) is 2.51. The summed E-state index contributed by atoms with van der Waals surface area (Å²) in [5.41, 5.74) is 0.407.